The van der Waals surface area contributed by atoms with Gasteiger partial charge in [0.2, 0.25) is 0 Å². The Bertz CT molecular complexity index is 1320. The van der Waals surface area contributed by atoms with E-state index in [1.165, 1.54) is 12.8 Å². The van der Waals surface area contributed by atoms with Crippen LogP contribution in [0.25, 0.3) is 10.9 Å². The van der Waals surface area contributed by atoms with Crippen LogP contribution in [0.4, 0.5) is 10.5 Å². The Hall–Kier alpha value is -3.27. The first kappa shape index (κ1) is 28.3. The summed E-state index contributed by atoms with van der Waals surface area (Å²) >= 11 is 6.41. The number of aromatic nitrogens is 1. The zero-order valence-corrected chi connectivity index (χ0v) is 23.9. The van der Waals surface area contributed by atoms with Crippen molar-refractivity contribution >= 4 is 34.2 Å². The number of fused-ring (bicyclic) bond motifs is 1. The quantitative estimate of drug-likeness (QED) is 0.270. The van der Waals surface area contributed by atoms with Gasteiger partial charge in [0.25, 0.3) is 0 Å². The Balaban J connectivity index is 1.20. The number of benzene rings is 2. The average Bonchev–Trinajstić information content (AvgIpc) is 2.95. The standard InChI is InChI=1S/C30H37ClN4O5/c1-3-10-33-29(36)34-24-6-5-21(16-23(24)31)40-26-7-11-32-25-18-28(27(37-2)17-22(25)26)39-15-4-12-35-13-8-30(9-14-35)19-38-20-30/h5-7,11,16-18H,3-4,8-10,12-15,19-20H2,1-2H3,(H2,33,34,36). The van der Waals surface area contributed by atoms with E-state index in [1.54, 1.807) is 37.6 Å². The number of carbonyl (C=O) groups excluding carboxylic acids is 1. The van der Waals surface area contributed by atoms with Crippen LogP contribution >= 0.6 is 11.6 Å². The van der Waals surface area contributed by atoms with Crippen molar-refractivity contribution in [2.45, 2.75) is 32.6 Å². The molecule has 2 aliphatic heterocycles. The number of ether oxygens (including phenoxy) is 4. The number of anilines is 1. The fraction of sp³-hybridized carbons (Fsp3) is 0.467. The summed E-state index contributed by atoms with van der Waals surface area (Å²) in [5, 5.41) is 6.67. The first-order valence-electron chi connectivity index (χ1n) is 13.9. The first-order chi connectivity index (χ1) is 19.5. The second-order valence-corrected chi connectivity index (χ2v) is 10.9. The summed E-state index contributed by atoms with van der Waals surface area (Å²) in [5.41, 5.74) is 1.69. The van der Waals surface area contributed by atoms with E-state index in [-0.39, 0.29) is 6.03 Å². The molecule has 1 spiro atoms. The number of hydrogen-bond donors (Lipinski definition) is 2. The monoisotopic (exact) mass is 568 g/mol. The summed E-state index contributed by atoms with van der Waals surface area (Å²) in [6, 6.07) is 10.4. The van der Waals surface area contributed by atoms with Gasteiger partial charge in [0.05, 0.1) is 43.2 Å². The SMILES string of the molecule is CCCNC(=O)Nc1ccc(Oc2ccnc3cc(OCCCN4CCC5(CC4)COC5)c(OC)cc23)cc1Cl. The van der Waals surface area contributed by atoms with E-state index in [0.29, 0.717) is 52.3 Å². The Kier molecular flexibility index (Phi) is 9.14. The maximum Gasteiger partial charge on any atom is 0.319 e. The number of piperidine rings is 1. The van der Waals surface area contributed by atoms with Crippen LogP contribution in [0.15, 0.2) is 42.6 Å². The second kappa shape index (κ2) is 12.9. The Morgan fingerprint density at radius 2 is 1.95 bits per heavy atom. The van der Waals surface area contributed by atoms with Gasteiger partial charge in [-0.2, -0.15) is 0 Å². The minimum absolute atomic E-state index is 0.299. The van der Waals surface area contributed by atoms with Crippen molar-refractivity contribution in [3.05, 3.63) is 47.6 Å². The number of pyridine rings is 1. The molecule has 1 aromatic heterocycles. The predicted molar refractivity (Wildman–Crippen MR) is 156 cm³/mol. The third-order valence-corrected chi connectivity index (χ3v) is 7.86. The summed E-state index contributed by atoms with van der Waals surface area (Å²) < 4.78 is 23.4. The first-order valence-corrected chi connectivity index (χ1v) is 14.3. The van der Waals surface area contributed by atoms with Gasteiger partial charge in [-0.25, -0.2) is 4.79 Å². The molecule has 2 saturated heterocycles. The molecule has 2 fully saturated rings. The van der Waals surface area contributed by atoms with Crippen LogP contribution in [0, 0.1) is 5.41 Å². The topological polar surface area (TPSA) is 94.2 Å². The number of amides is 2. The molecule has 3 heterocycles. The average molecular weight is 569 g/mol. The Morgan fingerprint density at radius 3 is 2.65 bits per heavy atom. The number of methoxy groups -OCH3 is 1. The van der Waals surface area contributed by atoms with Crippen LogP contribution in [0.3, 0.4) is 0 Å². The minimum Gasteiger partial charge on any atom is -0.493 e. The molecule has 0 atom stereocenters. The predicted octanol–water partition coefficient (Wildman–Crippen LogP) is 6.10. The molecule has 2 N–H and O–H groups in total. The summed E-state index contributed by atoms with van der Waals surface area (Å²) in [7, 11) is 1.63. The molecule has 2 aromatic carbocycles. The third-order valence-electron chi connectivity index (χ3n) is 7.55. The molecule has 3 aromatic rings. The number of nitrogens with one attached hydrogen (secondary N) is 2. The summed E-state index contributed by atoms with van der Waals surface area (Å²) in [4.78, 5) is 19.0. The van der Waals surface area contributed by atoms with Crippen molar-refractivity contribution in [1.29, 1.82) is 0 Å². The maximum atomic E-state index is 12.0. The molecular weight excluding hydrogens is 532 g/mol. The van der Waals surface area contributed by atoms with Crippen molar-refractivity contribution in [2.75, 3.05) is 58.4 Å². The van der Waals surface area contributed by atoms with E-state index < -0.39 is 0 Å². The van der Waals surface area contributed by atoms with Crippen molar-refractivity contribution in [1.82, 2.24) is 15.2 Å². The molecular formula is C30H37ClN4O5. The molecule has 0 aliphatic carbocycles. The van der Waals surface area contributed by atoms with Crippen LogP contribution in [-0.2, 0) is 4.74 Å². The fourth-order valence-electron chi connectivity index (χ4n) is 5.08. The summed E-state index contributed by atoms with van der Waals surface area (Å²) in [5.74, 6) is 2.41. The van der Waals surface area contributed by atoms with Gasteiger partial charge in [0.1, 0.15) is 11.5 Å². The van der Waals surface area contributed by atoms with Gasteiger partial charge in [0, 0.05) is 42.2 Å². The highest BCUT2D eigenvalue weighted by Gasteiger charge is 2.40. The zero-order valence-electron chi connectivity index (χ0n) is 23.1. The van der Waals surface area contributed by atoms with Crippen molar-refractivity contribution in [3.8, 4) is 23.0 Å². The third kappa shape index (κ3) is 6.71. The Morgan fingerprint density at radius 1 is 1.12 bits per heavy atom. The molecule has 2 aliphatic rings. The number of rotatable bonds is 11. The number of nitrogens with zero attached hydrogens (tertiary/aromatic N) is 2. The smallest absolute Gasteiger partial charge is 0.319 e. The summed E-state index contributed by atoms with van der Waals surface area (Å²) in [6.07, 6.45) is 5.94. The Labute approximate surface area is 240 Å². The van der Waals surface area contributed by atoms with Crippen LogP contribution in [0.5, 0.6) is 23.0 Å². The number of likely N-dealkylation sites (tertiary alicyclic amines) is 1. The van der Waals surface area contributed by atoms with E-state index in [4.69, 9.17) is 30.5 Å². The number of urea groups is 1. The van der Waals surface area contributed by atoms with Crippen molar-refractivity contribution in [3.63, 3.8) is 0 Å². The van der Waals surface area contributed by atoms with Gasteiger partial charge in [-0.15, -0.1) is 0 Å². The number of hydrogen-bond acceptors (Lipinski definition) is 7. The minimum atomic E-state index is -0.299. The van der Waals surface area contributed by atoms with E-state index in [0.717, 1.165) is 56.6 Å². The van der Waals surface area contributed by atoms with Gasteiger partial charge in [-0.05, 0) is 63.0 Å². The number of carbonyl (C=O) groups is 1. The molecule has 0 unspecified atom stereocenters. The van der Waals surface area contributed by atoms with E-state index in [1.807, 2.05) is 19.1 Å². The van der Waals surface area contributed by atoms with Crippen LogP contribution in [0.2, 0.25) is 5.02 Å². The van der Waals surface area contributed by atoms with E-state index in [9.17, 15) is 4.79 Å². The van der Waals surface area contributed by atoms with Gasteiger partial charge in [-0.3, -0.25) is 4.98 Å². The van der Waals surface area contributed by atoms with Gasteiger partial charge >= 0.3 is 6.03 Å². The fourth-order valence-corrected chi connectivity index (χ4v) is 5.30. The van der Waals surface area contributed by atoms with Gasteiger partial charge < -0.3 is 34.5 Å². The van der Waals surface area contributed by atoms with E-state index >= 15 is 0 Å². The molecule has 40 heavy (non-hydrogen) atoms. The van der Waals surface area contributed by atoms with Crippen LogP contribution in [-0.4, -0.2) is 69.0 Å². The van der Waals surface area contributed by atoms with Crippen molar-refractivity contribution < 1.29 is 23.7 Å². The lowest BCUT2D eigenvalue weighted by molar-refractivity contribution is -0.139. The molecule has 0 bridgehead atoms. The molecule has 0 saturated carbocycles. The molecule has 10 heteroatoms. The van der Waals surface area contributed by atoms with Gasteiger partial charge in [0.15, 0.2) is 11.5 Å². The van der Waals surface area contributed by atoms with Crippen molar-refractivity contribution in [2.24, 2.45) is 5.41 Å². The maximum absolute atomic E-state index is 12.0. The highest BCUT2D eigenvalue weighted by Crippen LogP contribution is 2.39. The lowest BCUT2D eigenvalue weighted by Crippen LogP contribution is -2.51. The molecule has 9 nitrogen and oxygen atoms in total. The molecule has 214 valence electrons. The van der Waals surface area contributed by atoms with E-state index in [2.05, 4.69) is 20.5 Å². The number of halogens is 1. The highest BCUT2D eigenvalue weighted by atomic mass is 35.5. The highest BCUT2D eigenvalue weighted by molar-refractivity contribution is 6.33. The molecule has 5 rings (SSSR count). The largest absolute Gasteiger partial charge is 0.493 e. The summed E-state index contributed by atoms with van der Waals surface area (Å²) in [6.45, 7) is 8.32. The normalized spacial score (nSPS) is 16.4. The van der Waals surface area contributed by atoms with Gasteiger partial charge in [-0.1, -0.05) is 18.5 Å². The molecule has 0 radical (unpaired) electrons. The molecule has 2 amide bonds. The zero-order chi connectivity index (χ0) is 28.0. The van der Waals surface area contributed by atoms with Crippen LogP contribution < -0.4 is 24.8 Å². The second-order valence-electron chi connectivity index (χ2n) is 10.5. The lowest BCUT2D eigenvalue weighted by Gasteiger charge is -2.47. The van der Waals surface area contributed by atoms with Crippen LogP contribution in [0.1, 0.15) is 32.6 Å². The lowest BCUT2D eigenvalue weighted by atomic mass is 9.77.